The molecule has 24 heavy (non-hydrogen) atoms. The molecule has 2 aromatic carbocycles. The minimum atomic E-state index is -0.521. The normalized spacial score (nSPS) is 14.5. The van der Waals surface area contributed by atoms with E-state index in [0.29, 0.717) is 37.4 Å². The van der Waals surface area contributed by atoms with Crippen molar-refractivity contribution < 1.29 is 14.1 Å². The summed E-state index contributed by atoms with van der Waals surface area (Å²) in [5.41, 5.74) is 0.717. The second kappa shape index (κ2) is 6.66. The Bertz CT molecular complexity index is 773. The molecule has 0 radical (unpaired) electrons. The quantitative estimate of drug-likeness (QED) is 0.641. The minimum Gasteiger partial charge on any atom is -0.366 e. The Balaban J connectivity index is 1.68. The number of anilines is 1. The highest BCUT2D eigenvalue weighted by molar-refractivity contribution is 5.95. The van der Waals surface area contributed by atoms with Crippen LogP contribution >= 0.6 is 0 Å². The second-order valence-corrected chi connectivity index (χ2v) is 5.54. The molecule has 1 heterocycles. The van der Waals surface area contributed by atoms with Crippen LogP contribution in [-0.4, -0.2) is 41.9 Å². The molecule has 0 unspecified atom stereocenters. The van der Waals surface area contributed by atoms with Crippen molar-refractivity contribution in [3.8, 4) is 0 Å². The van der Waals surface area contributed by atoms with Gasteiger partial charge in [0.05, 0.1) is 10.6 Å². The first-order valence-corrected chi connectivity index (χ1v) is 7.59. The molecule has 0 aromatic heterocycles. The van der Waals surface area contributed by atoms with Gasteiger partial charge in [0.2, 0.25) is 0 Å². The third kappa shape index (κ3) is 3.19. The van der Waals surface area contributed by atoms with E-state index in [1.807, 2.05) is 4.90 Å². The number of nitro groups is 1. The molecule has 0 atom stereocenters. The van der Waals surface area contributed by atoms with Crippen molar-refractivity contribution in [2.24, 2.45) is 0 Å². The van der Waals surface area contributed by atoms with Crippen molar-refractivity contribution in [3.05, 3.63) is 70.0 Å². The van der Waals surface area contributed by atoms with Crippen molar-refractivity contribution in [1.29, 1.82) is 0 Å². The highest BCUT2D eigenvalue weighted by Crippen LogP contribution is 2.21. The van der Waals surface area contributed by atoms with Crippen LogP contribution in [0.4, 0.5) is 15.8 Å². The first kappa shape index (κ1) is 15.9. The third-order valence-corrected chi connectivity index (χ3v) is 4.06. The van der Waals surface area contributed by atoms with Gasteiger partial charge in [-0.2, -0.15) is 0 Å². The van der Waals surface area contributed by atoms with Crippen LogP contribution in [0, 0.1) is 15.9 Å². The summed E-state index contributed by atoms with van der Waals surface area (Å²) < 4.78 is 13.8. The van der Waals surface area contributed by atoms with Gasteiger partial charge in [-0.05, 0) is 18.2 Å². The average Bonchev–Trinajstić information content (AvgIpc) is 2.62. The molecule has 124 valence electrons. The Morgan fingerprint density at radius 2 is 1.75 bits per heavy atom. The number of benzene rings is 2. The van der Waals surface area contributed by atoms with Crippen molar-refractivity contribution in [2.75, 3.05) is 31.1 Å². The first-order valence-electron chi connectivity index (χ1n) is 7.59. The van der Waals surface area contributed by atoms with Crippen LogP contribution in [0.5, 0.6) is 0 Å². The number of nitrogens with zero attached hydrogens (tertiary/aromatic N) is 3. The van der Waals surface area contributed by atoms with Crippen LogP contribution in [0.1, 0.15) is 10.4 Å². The van der Waals surface area contributed by atoms with E-state index in [2.05, 4.69) is 0 Å². The molecule has 2 aromatic rings. The zero-order chi connectivity index (χ0) is 17.1. The zero-order valence-electron chi connectivity index (χ0n) is 12.9. The van der Waals surface area contributed by atoms with Crippen LogP contribution in [-0.2, 0) is 0 Å². The van der Waals surface area contributed by atoms with Crippen molar-refractivity contribution in [3.63, 3.8) is 0 Å². The molecule has 0 aliphatic carbocycles. The van der Waals surface area contributed by atoms with Crippen LogP contribution in [0.15, 0.2) is 48.5 Å². The number of non-ortho nitro benzene ring substituents is 1. The summed E-state index contributed by atoms with van der Waals surface area (Å²) in [5, 5.41) is 10.8. The largest absolute Gasteiger partial charge is 0.366 e. The molecule has 0 saturated carbocycles. The fourth-order valence-corrected chi connectivity index (χ4v) is 2.79. The molecular formula is C17H16FN3O3. The first-order chi connectivity index (χ1) is 11.6. The van der Waals surface area contributed by atoms with E-state index in [9.17, 15) is 19.3 Å². The van der Waals surface area contributed by atoms with Gasteiger partial charge in [0.15, 0.2) is 0 Å². The Hall–Kier alpha value is -2.96. The van der Waals surface area contributed by atoms with Gasteiger partial charge in [0.25, 0.3) is 11.6 Å². The van der Waals surface area contributed by atoms with Crippen LogP contribution in [0.25, 0.3) is 0 Å². The lowest BCUT2D eigenvalue weighted by Gasteiger charge is -2.36. The maximum atomic E-state index is 13.8. The smallest absolute Gasteiger partial charge is 0.270 e. The van der Waals surface area contributed by atoms with Gasteiger partial charge in [-0.15, -0.1) is 0 Å². The Morgan fingerprint density at radius 1 is 1.04 bits per heavy atom. The number of nitro benzene ring substituents is 1. The molecule has 0 spiro atoms. The molecule has 1 amide bonds. The number of carbonyl (C=O) groups is 1. The molecule has 6 nitrogen and oxygen atoms in total. The van der Waals surface area contributed by atoms with E-state index in [4.69, 9.17) is 0 Å². The number of rotatable bonds is 3. The lowest BCUT2D eigenvalue weighted by Crippen LogP contribution is -2.49. The van der Waals surface area contributed by atoms with Gasteiger partial charge < -0.3 is 9.80 Å². The fraction of sp³-hybridized carbons (Fsp3) is 0.235. The summed E-state index contributed by atoms with van der Waals surface area (Å²) in [6, 6.07) is 12.3. The van der Waals surface area contributed by atoms with Gasteiger partial charge in [0, 0.05) is 43.9 Å². The van der Waals surface area contributed by atoms with E-state index in [0.717, 1.165) is 0 Å². The zero-order valence-corrected chi connectivity index (χ0v) is 12.9. The Labute approximate surface area is 138 Å². The fourth-order valence-electron chi connectivity index (χ4n) is 2.79. The topological polar surface area (TPSA) is 66.7 Å². The summed E-state index contributed by atoms with van der Waals surface area (Å²) in [5.74, 6) is -0.525. The number of amides is 1. The average molecular weight is 329 g/mol. The molecule has 1 aliphatic rings. The molecular weight excluding hydrogens is 313 g/mol. The second-order valence-electron chi connectivity index (χ2n) is 5.54. The van der Waals surface area contributed by atoms with Gasteiger partial charge in [-0.1, -0.05) is 18.2 Å². The van der Waals surface area contributed by atoms with Crippen molar-refractivity contribution >= 4 is 17.3 Å². The predicted octanol–water partition coefficient (Wildman–Crippen LogP) is 2.70. The van der Waals surface area contributed by atoms with Crippen LogP contribution in [0.2, 0.25) is 0 Å². The molecule has 0 N–H and O–H groups in total. The lowest BCUT2D eigenvalue weighted by atomic mass is 10.1. The van der Waals surface area contributed by atoms with Crippen molar-refractivity contribution in [2.45, 2.75) is 0 Å². The minimum absolute atomic E-state index is 0.106. The number of hydrogen-bond donors (Lipinski definition) is 0. The molecule has 7 heteroatoms. The highest BCUT2D eigenvalue weighted by atomic mass is 19.1. The summed E-state index contributed by atoms with van der Waals surface area (Å²) in [6.45, 7) is 1.91. The number of carbonyl (C=O) groups excluding carboxylic acids is 1. The maximum Gasteiger partial charge on any atom is 0.270 e. The van der Waals surface area contributed by atoms with Gasteiger partial charge in [-0.25, -0.2) is 4.39 Å². The van der Waals surface area contributed by atoms with Gasteiger partial charge in [-0.3, -0.25) is 14.9 Å². The summed E-state index contributed by atoms with van der Waals surface area (Å²) >= 11 is 0. The summed E-state index contributed by atoms with van der Waals surface area (Å²) in [7, 11) is 0. The Kier molecular flexibility index (Phi) is 4.41. The predicted molar refractivity (Wildman–Crippen MR) is 87.6 cm³/mol. The molecule has 0 bridgehead atoms. The standard InChI is InChI=1S/C17H16FN3O3/c18-15-6-1-2-7-16(15)19-8-10-20(11-9-19)17(22)13-4-3-5-14(12-13)21(23)24/h1-7,12H,8-11H2. The van der Waals surface area contributed by atoms with Crippen molar-refractivity contribution in [1.82, 2.24) is 4.90 Å². The molecule has 3 rings (SSSR count). The van der Waals surface area contributed by atoms with Crippen LogP contribution < -0.4 is 4.90 Å². The Morgan fingerprint density at radius 3 is 2.42 bits per heavy atom. The summed E-state index contributed by atoms with van der Waals surface area (Å²) in [4.78, 5) is 26.3. The number of halogens is 1. The summed E-state index contributed by atoms with van der Waals surface area (Å²) in [6.07, 6.45) is 0. The lowest BCUT2D eigenvalue weighted by molar-refractivity contribution is -0.384. The van der Waals surface area contributed by atoms with Gasteiger partial charge in [0.1, 0.15) is 5.82 Å². The van der Waals surface area contributed by atoms with E-state index in [-0.39, 0.29) is 17.4 Å². The third-order valence-electron chi connectivity index (χ3n) is 4.06. The molecule has 1 fully saturated rings. The van der Waals surface area contributed by atoms with E-state index in [1.165, 1.54) is 24.3 Å². The number of piperazine rings is 1. The van der Waals surface area contributed by atoms with E-state index < -0.39 is 4.92 Å². The molecule has 1 saturated heterocycles. The van der Waals surface area contributed by atoms with Crippen LogP contribution in [0.3, 0.4) is 0 Å². The molecule has 1 aliphatic heterocycles. The SMILES string of the molecule is O=C(c1cccc([N+](=O)[O-])c1)N1CCN(c2ccccc2F)CC1. The number of hydrogen-bond acceptors (Lipinski definition) is 4. The monoisotopic (exact) mass is 329 g/mol. The maximum absolute atomic E-state index is 13.8. The van der Waals surface area contributed by atoms with E-state index in [1.54, 1.807) is 29.2 Å². The highest BCUT2D eigenvalue weighted by Gasteiger charge is 2.24. The van der Waals surface area contributed by atoms with E-state index >= 15 is 0 Å². The van der Waals surface area contributed by atoms with Gasteiger partial charge >= 0.3 is 0 Å². The number of para-hydroxylation sites is 1.